The van der Waals surface area contributed by atoms with E-state index in [9.17, 15) is 19.2 Å². The Morgan fingerprint density at radius 3 is 2.03 bits per heavy atom. The van der Waals surface area contributed by atoms with Crippen LogP contribution in [0.5, 0.6) is 0 Å². The highest BCUT2D eigenvalue weighted by atomic mass is 16.4. The monoisotopic (exact) mass is 428 g/mol. The van der Waals surface area contributed by atoms with E-state index < -0.39 is 29.7 Å². The van der Waals surface area contributed by atoms with Crippen molar-refractivity contribution in [3.8, 4) is 0 Å². The molecule has 7 heteroatoms. The van der Waals surface area contributed by atoms with Crippen LogP contribution in [0.2, 0.25) is 0 Å². The van der Waals surface area contributed by atoms with Gasteiger partial charge in [-0.05, 0) is 35.4 Å². The first-order valence-electron chi connectivity index (χ1n) is 10.1. The standard InChI is InChI=1S/C25H20N2O5/c28-22(26-15-17-9-6-10-18(13-17)25(31)32)21(14-16-7-2-1-3-8-16)27-23(29)19-11-4-5-12-20(19)24(27)30/h1-13,21H,14-15H2,(H,26,28)(H,31,32). The van der Waals surface area contributed by atoms with Crippen LogP contribution in [-0.4, -0.2) is 39.7 Å². The molecular formula is C25H20N2O5. The summed E-state index contributed by atoms with van der Waals surface area (Å²) < 4.78 is 0. The quantitative estimate of drug-likeness (QED) is 0.563. The number of aromatic carboxylic acids is 1. The number of carboxylic acid groups (broad SMARTS) is 1. The fraction of sp³-hybridized carbons (Fsp3) is 0.120. The summed E-state index contributed by atoms with van der Waals surface area (Å²) in [6.45, 7) is 0.0639. The molecule has 0 saturated carbocycles. The molecule has 1 unspecified atom stereocenters. The number of imide groups is 1. The lowest BCUT2D eigenvalue weighted by Gasteiger charge is -2.25. The molecule has 0 bridgehead atoms. The molecule has 0 saturated heterocycles. The average Bonchev–Trinajstić information content (AvgIpc) is 3.07. The number of carboxylic acids is 1. The number of fused-ring (bicyclic) bond motifs is 1. The van der Waals surface area contributed by atoms with E-state index in [1.165, 1.54) is 12.1 Å². The van der Waals surface area contributed by atoms with E-state index in [0.717, 1.165) is 10.5 Å². The molecule has 7 nitrogen and oxygen atoms in total. The van der Waals surface area contributed by atoms with Crippen LogP contribution < -0.4 is 5.32 Å². The summed E-state index contributed by atoms with van der Waals surface area (Å²) in [6.07, 6.45) is 0.160. The van der Waals surface area contributed by atoms with Gasteiger partial charge in [0, 0.05) is 13.0 Å². The van der Waals surface area contributed by atoms with Crippen LogP contribution in [0.1, 0.15) is 42.2 Å². The molecule has 0 aromatic heterocycles. The number of carbonyl (C=O) groups is 4. The number of nitrogens with zero attached hydrogens (tertiary/aromatic N) is 1. The Labute approximate surface area is 184 Å². The number of nitrogens with one attached hydrogen (secondary N) is 1. The highest BCUT2D eigenvalue weighted by molar-refractivity contribution is 6.22. The first-order valence-corrected chi connectivity index (χ1v) is 10.1. The van der Waals surface area contributed by atoms with Crippen molar-refractivity contribution in [1.82, 2.24) is 10.2 Å². The zero-order valence-electron chi connectivity index (χ0n) is 17.0. The average molecular weight is 428 g/mol. The van der Waals surface area contributed by atoms with Crippen molar-refractivity contribution >= 4 is 23.7 Å². The fourth-order valence-electron chi connectivity index (χ4n) is 3.75. The summed E-state index contributed by atoms with van der Waals surface area (Å²) in [7, 11) is 0. The molecule has 0 spiro atoms. The molecule has 0 fully saturated rings. The van der Waals surface area contributed by atoms with Crippen LogP contribution in [0.25, 0.3) is 0 Å². The second kappa shape index (κ2) is 8.85. The minimum Gasteiger partial charge on any atom is -0.478 e. The summed E-state index contributed by atoms with van der Waals surface area (Å²) in [5.74, 6) is -2.57. The van der Waals surface area contributed by atoms with Gasteiger partial charge in [-0.1, -0.05) is 54.6 Å². The van der Waals surface area contributed by atoms with Gasteiger partial charge in [0.1, 0.15) is 6.04 Å². The predicted octanol–water partition coefficient (Wildman–Crippen LogP) is 2.91. The Hall–Kier alpha value is -4.26. The SMILES string of the molecule is O=C(O)c1cccc(CNC(=O)C(Cc2ccccc2)N2C(=O)c3ccccc3C2=O)c1. The van der Waals surface area contributed by atoms with Gasteiger partial charge < -0.3 is 10.4 Å². The van der Waals surface area contributed by atoms with Crippen molar-refractivity contribution in [2.24, 2.45) is 0 Å². The number of amides is 3. The van der Waals surface area contributed by atoms with Gasteiger partial charge in [0.2, 0.25) is 5.91 Å². The summed E-state index contributed by atoms with van der Waals surface area (Å²) >= 11 is 0. The van der Waals surface area contributed by atoms with E-state index >= 15 is 0 Å². The lowest BCUT2D eigenvalue weighted by Crippen LogP contribution is -2.50. The molecule has 3 aromatic rings. The third-order valence-electron chi connectivity index (χ3n) is 5.35. The number of rotatable bonds is 7. The molecule has 3 aromatic carbocycles. The molecule has 1 heterocycles. The molecule has 0 radical (unpaired) electrons. The van der Waals surface area contributed by atoms with Crippen molar-refractivity contribution in [3.63, 3.8) is 0 Å². The summed E-state index contributed by atoms with van der Waals surface area (Å²) in [5.41, 5.74) is 2.06. The van der Waals surface area contributed by atoms with Crippen molar-refractivity contribution < 1.29 is 24.3 Å². The topological polar surface area (TPSA) is 104 Å². The van der Waals surface area contributed by atoms with E-state index in [1.54, 1.807) is 36.4 Å². The third-order valence-corrected chi connectivity index (χ3v) is 5.35. The van der Waals surface area contributed by atoms with E-state index in [1.807, 2.05) is 30.3 Å². The molecule has 1 aliphatic rings. The summed E-state index contributed by atoms with van der Waals surface area (Å²) in [4.78, 5) is 51.4. The Balaban J connectivity index is 1.59. The molecule has 3 amide bonds. The Morgan fingerprint density at radius 1 is 0.812 bits per heavy atom. The van der Waals surface area contributed by atoms with Crippen LogP contribution in [0.3, 0.4) is 0 Å². The van der Waals surface area contributed by atoms with Crippen molar-refractivity contribution in [1.29, 1.82) is 0 Å². The number of hydrogen-bond donors (Lipinski definition) is 2. The molecule has 32 heavy (non-hydrogen) atoms. The Bertz CT molecular complexity index is 1170. The molecular weight excluding hydrogens is 408 g/mol. The van der Waals surface area contributed by atoms with Crippen LogP contribution in [0.4, 0.5) is 0 Å². The largest absolute Gasteiger partial charge is 0.478 e. The first-order chi connectivity index (χ1) is 15.5. The zero-order chi connectivity index (χ0) is 22.7. The highest BCUT2D eigenvalue weighted by Gasteiger charge is 2.42. The van der Waals surface area contributed by atoms with E-state index in [2.05, 4.69) is 5.32 Å². The fourth-order valence-corrected chi connectivity index (χ4v) is 3.75. The maximum absolute atomic E-state index is 13.2. The van der Waals surface area contributed by atoms with E-state index in [-0.39, 0.29) is 29.7 Å². The summed E-state index contributed by atoms with van der Waals surface area (Å²) in [5, 5.41) is 11.9. The van der Waals surface area contributed by atoms with Crippen molar-refractivity contribution in [2.45, 2.75) is 19.0 Å². The van der Waals surface area contributed by atoms with Gasteiger partial charge in [0.25, 0.3) is 11.8 Å². The van der Waals surface area contributed by atoms with Gasteiger partial charge in [0.15, 0.2) is 0 Å². The molecule has 160 valence electrons. The maximum atomic E-state index is 13.2. The van der Waals surface area contributed by atoms with Crippen LogP contribution in [-0.2, 0) is 17.8 Å². The predicted molar refractivity (Wildman–Crippen MR) is 116 cm³/mol. The Morgan fingerprint density at radius 2 is 1.41 bits per heavy atom. The minimum atomic E-state index is -1.06. The minimum absolute atomic E-state index is 0.0639. The van der Waals surface area contributed by atoms with E-state index in [4.69, 9.17) is 5.11 Å². The first kappa shape index (κ1) is 21.0. The second-order valence-corrected chi connectivity index (χ2v) is 7.45. The molecule has 1 atom stereocenters. The molecule has 0 aliphatic carbocycles. The number of carbonyl (C=O) groups excluding carboxylic acids is 3. The number of hydrogen-bond acceptors (Lipinski definition) is 4. The van der Waals surface area contributed by atoms with Gasteiger partial charge in [-0.2, -0.15) is 0 Å². The van der Waals surface area contributed by atoms with Gasteiger partial charge in [0.05, 0.1) is 16.7 Å². The van der Waals surface area contributed by atoms with Crippen LogP contribution >= 0.6 is 0 Å². The maximum Gasteiger partial charge on any atom is 0.335 e. The van der Waals surface area contributed by atoms with Gasteiger partial charge in [-0.25, -0.2) is 4.79 Å². The van der Waals surface area contributed by atoms with Crippen LogP contribution in [0.15, 0.2) is 78.9 Å². The summed E-state index contributed by atoms with van der Waals surface area (Å²) in [6, 6.07) is 20.8. The van der Waals surface area contributed by atoms with Gasteiger partial charge in [-0.15, -0.1) is 0 Å². The second-order valence-electron chi connectivity index (χ2n) is 7.45. The highest BCUT2D eigenvalue weighted by Crippen LogP contribution is 2.26. The van der Waals surface area contributed by atoms with Crippen LogP contribution in [0, 0.1) is 0 Å². The molecule has 4 rings (SSSR count). The van der Waals surface area contributed by atoms with Crippen molar-refractivity contribution in [3.05, 3.63) is 107 Å². The lowest BCUT2D eigenvalue weighted by molar-refractivity contribution is -0.125. The third kappa shape index (κ3) is 4.13. The van der Waals surface area contributed by atoms with Crippen molar-refractivity contribution in [2.75, 3.05) is 0 Å². The van der Waals surface area contributed by atoms with E-state index in [0.29, 0.717) is 5.56 Å². The molecule has 1 aliphatic heterocycles. The number of benzene rings is 3. The lowest BCUT2D eigenvalue weighted by atomic mass is 10.0. The smallest absolute Gasteiger partial charge is 0.335 e. The molecule has 2 N–H and O–H groups in total. The van der Waals surface area contributed by atoms with Gasteiger partial charge >= 0.3 is 5.97 Å². The zero-order valence-corrected chi connectivity index (χ0v) is 17.0. The van der Waals surface area contributed by atoms with Gasteiger partial charge in [-0.3, -0.25) is 19.3 Å². The normalized spacial score (nSPS) is 13.6. The Kier molecular flexibility index (Phi) is 5.81.